The van der Waals surface area contributed by atoms with Gasteiger partial charge in [-0.05, 0) is 30.2 Å². The van der Waals surface area contributed by atoms with Crippen molar-refractivity contribution in [2.45, 2.75) is 19.9 Å². The van der Waals surface area contributed by atoms with Crippen LogP contribution in [0.15, 0.2) is 59.4 Å². The summed E-state index contributed by atoms with van der Waals surface area (Å²) in [6.45, 7) is 1.64. The lowest BCUT2D eigenvalue weighted by Crippen LogP contribution is -2.40. The van der Waals surface area contributed by atoms with Gasteiger partial charge in [-0.15, -0.1) is 0 Å². The largest absolute Gasteiger partial charge is 0.328 e. The number of nitrogens with one attached hydrogen (secondary N) is 1. The zero-order valence-electron chi connectivity index (χ0n) is 17.7. The molecule has 1 heterocycles. The fourth-order valence-corrected chi connectivity index (χ4v) is 3.10. The van der Waals surface area contributed by atoms with E-state index in [0.717, 1.165) is 16.3 Å². The van der Waals surface area contributed by atoms with Crippen molar-refractivity contribution in [3.63, 3.8) is 0 Å². The lowest BCUT2D eigenvalue weighted by atomic mass is 10.2. The first kappa shape index (κ1) is 23.7. The molecule has 7 nitrogen and oxygen atoms in total. The normalized spacial score (nSPS) is 10.7. The Hall–Kier alpha value is -3.95. The topological polar surface area (TPSA) is 84.3 Å². The summed E-state index contributed by atoms with van der Waals surface area (Å²) in [7, 11) is 0. The quantitative estimate of drug-likeness (QED) is 0.526. The molecule has 0 atom stereocenters. The van der Waals surface area contributed by atoms with Gasteiger partial charge < -0.3 is 10.2 Å². The van der Waals surface area contributed by atoms with Crippen LogP contribution in [0.2, 0.25) is 0 Å². The van der Waals surface area contributed by atoms with Gasteiger partial charge in [0.05, 0.1) is 12.2 Å². The Bertz CT molecular complexity index is 1220. The van der Waals surface area contributed by atoms with Gasteiger partial charge >= 0.3 is 0 Å². The molecule has 2 amide bonds. The van der Waals surface area contributed by atoms with Crippen LogP contribution in [0.25, 0.3) is 0 Å². The molecule has 3 aromatic rings. The van der Waals surface area contributed by atoms with E-state index in [1.165, 1.54) is 17.0 Å². The molecular formula is C23H21F3N4O3. The van der Waals surface area contributed by atoms with Crippen LogP contribution in [-0.2, 0) is 11.3 Å². The van der Waals surface area contributed by atoms with Gasteiger partial charge in [-0.25, -0.2) is 17.9 Å². The summed E-state index contributed by atoms with van der Waals surface area (Å²) in [5.74, 6) is -6.05. The lowest BCUT2D eigenvalue weighted by Gasteiger charge is -2.21. The summed E-state index contributed by atoms with van der Waals surface area (Å²) in [5, 5.41) is 6.26. The number of hydrogen-bond acceptors (Lipinski definition) is 4. The maximum Gasteiger partial charge on any atom is 0.274 e. The van der Waals surface area contributed by atoms with Crippen molar-refractivity contribution in [3.8, 4) is 0 Å². The Morgan fingerprint density at radius 2 is 1.73 bits per heavy atom. The van der Waals surface area contributed by atoms with Crippen LogP contribution in [-0.4, -0.2) is 39.6 Å². The Kier molecular flexibility index (Phi) is 7.60. The Balaban J connectivity index is 1.77. The van der Waals surface area contributed by atoms with E-state index in [9.17, 15) is 27.6 Å². The van der Waals surface area contributed by atoms with Gasteiger partial charge in [-0.2, -0.15) is 5.10 Å². The molecule has 1 aromatic heterocycles. The minimum absolute atomic E-state index is 0.0502. The minimum atomic E-state index is -1.71. The van der Waals surface area contributed by atoms with E-state index in [2.05, 4.69) is 10.4 Å². The number of amides is 2. The summed E-state index contributed by atoms with van der Waals surface area (Å²) in [4.78, 5) is 38.7. The molecule has 0 unspecified atom stereocenters. The SMILES string of the molecule is CCCN(CC(=O)Nc1ccc(F)c(F)c1F)C(=O)c1ccc(=O)n(Cc2ccccc2)n1. The molecule has 0 aliphatic heterocycles. The van der Waals surface area contributed by atoms with E-state index in [0.29, 0.717) is 12.5 Å². The first-order valence-electron chi connectivity index (χ1n) is 10.1. The number of rotatable bonds is 8. The number of hydrogen-bond donors (Lipinski definition) is 1. The zero-order chi connectivity index (χ0) is 24.0. The number of carbonyl (C=O) groups is 2. The molecule has 2 aromatic carbocycles. The first-order chi connectivity index (χ1) is 15.8. The lowest BCUT2D eigenvalue weighted by molar-refractivity contribution is -0.116. The number of aromatic nitrogens is 2. The van der Waals surface area contributed by atoms with Crippen molar-refractivity contribution >= 4 is 17.5 Å². The van der Waals surface area contributed by atoms with E-state index in [1.807, 2.05) is 30.3 Å². The average molecular weight is 458 g/mol. The maximum absolute atomic E-state index is 13.8. The van der Waals surface area contributed by atoms with E-state index >= 15 is 0 Å². The van der Waals surface area contributed by atoms with Gasteiger partial charge in [0, 0.05) is 12.6 Å². The molecule has 0 spiro atoms. The van der Waals surface area contributed by atoms with E-state index in [4.69, 9.17) is 0 Å². The molecule has 0 radical (unpaired) electrons. The van der Waals surface area contributed by atoms with Crippen molar-refractivity contribution in [2.24, 2.45) is 0 Å². The van der Waals surface area contributed by atoms with Gasteiger partial charge in [0.25, 0.3) is 11.5 Å². The maximum atomic E-state index is 13.8. The van der Waals surface area contributed by atoms with Crippen LogP contribution in [0.4, 0.5) is 18.9 Å². The van der Waals surface area contributed by atoms with Crippen molar-refractivity contribution in [1.29, 1.82) is 0 Å². The molecule has 33 heavy (non-hydrogen) atoms. The van der Waals surface area contributed by atoms with Crippen LogP contribution in [0.3, 0.4) is 0 Å². The van der Waals surface area contributed by atoms with E-state index in [1.54, 1.807) is 6.92 Å². The standard InChI is InChI=1S/C23H21F3N4O3/c1-2-12-29(14-19(31)27-17-9-8-16(24)21(25)22(17)26)23(33)18-10-11-20(32)30(28-18)13-15-6-4-3-5-7-15/h3-11H,2,12-14H2,1H3,(H,27,31). The monoisotopic (exact) mass is 458 g/mol. The molecule has 0 aliphatic rings. The third-order valence-corrected chi connectivity index (χ3v) is 4.69. The third kappa shape index (κ3) is 5.85. The second kappa shape index (κ2) is 10.6. The highest BCUT2D eigenvalue weighted by Gasteiger charge is 2.22. The number of halogens is 3. The summed E-state index contributed by atoms with van der Waals surface area (Å²) in [6.07, 6.45) is 0.502. The molecule has 0 aliphatic carbocycles. The number of nitrogens with zero attached hydrogens (tertiary/aromatic N) is 3. The second-order valence-corrected chi connectivity index (χ2v) is 7.20. The Labute approximate surface area is 187 Å². The molecule has 172 valence electrons. The number of carbonyl (C=O) groups excluding carboxylic acids is 2. The summed E-state index contributed by atoms with van der Waals surface area (Å²) >= 11 is 0. The average Bonchev–Trinajstić information content (AvgIpc) is 2.81. The first-order valence-corrected chi connectivity index (χ1v) is 10.1. The minimum Gasteiger partial charge on any atom is -0.328 e. The zero-order valence-corrected chi connectivity index (χ0v) is 17.7. The molecule has 0 saturated carbocycles. The van der Waals surface area contributed by atoms with Crippen molar-refractivity contribution in [2.75, 3.05) is 18.4 Å². The van der Waals surface area contributed by atoms with Gasteiger partial charge in [-0.3, -0.25) is 14.4 Å². The fourth-order valence-electron chi connectivity index (χ4n) is 3.10. The highest BCUT2D eigenvalue weighted by atomic mass is 19.2. The summed E-state index contributed by atoms with van der Waals surface area (Å²) in [5.41, 5.74) is -0.179. The fraction of sp³-hybridized carbons (Fsp3) is 0.217. The molecule has 0 fully saturated rings. The van der Waals surface area contributed by atoms with Crippen LogP contribution in [0, 0.1) is 17.5 Å². The smallest absolute Gasteiger partial charge is 0.274 e. The molecule has 10 heteroatoms. The van der Waals surface area contributed by atoms with Crippen LogP contribution < -0.4 is 10.9 Å². The molecular weight excluding hydrogens is 437 g/mol. The Morgan fingerprint density at radius 1 is 1.00 bits per heavy atom. The Morgan fingerprint density at radius 3 is 2.42 bits per heavy atom. The van der Waals surface area contributed by atoms with E-state index < -0.39 is 47.1 Å². The number of anilines is 1. The molecule has 0 saturated heterocycles. The van der Waals surface area contributed by atoms with Crippen molar-refractivity contribution in [1.82, 2.24) is 14.7 Å². The molecule has 3 rings (SSSR count). The predicted molar refractivity (Wildman–Crippen MR) is 115 cm³/mol. The molecule has 1 N–H and O–H groups in total. The van der Waals surface area contributed by atoms with Gasteiger partial charge in [0.2, 0.25) is 5.91 Å². The van der Waals surface area contributed by atoms with Crippen LogP contribution in [0.1, 0.15) is 29.4 Å². The second-order valence-electron chi connectivity index (χ2n) is 7.20. The van der Waals surface area contributed by atoms with Crippen molar-refractivity contribution < 1.29 is 22.8 Å². The van der Waals surface area contributed by atoms with E-state index in [-0.39, 0.29) is 18.8 Å². The van der Waals surface area contributed by atoms with Gasteiger partial charge in [0.15, 0.2) is 17.5 Å². The van der Waals surface area contributed by atoms with Crippen molar-refractivity contribution in [3.05, 3.63) is 93.7 Å². The third-order valence-electron chi connectivity index (χ3n) is 4.69. The van der Waals surface area contributed by atoms with Gasteiger partial charge in [0.1, 0.15) is 12.2 Å². The van der Waals surface area contributed by atoms with Crippen LogP contribution >= 0.6 is 0 Å². The van der Waals surface area contributed by atoms with Crippen LogP contribution in [0.5, 0.6) is 0 Å². The van der Waals surface area contributed by atoms with Gasteiger partial charge in [-0.1, -0.05) is 37.3 Å². The summed E-state index contributed by atoms with van der Waals surface area (Å²) < 4.78 is 41.5. The molecule has 0 bridgehead atoms. The highest BCUT2D eigenvalue weighted by Crippen LogP contribution is 2.19. The number of benzene rings is 2. The highest BCUT2D eigenvalue weighted by molar-refractivity contribution is 5.98. The predicted octanol–water partition coefficient (Wildman–Crippen LogP) is 3.20. The summed E-state index contributed by atoms with van der Waals surface area (Å²) in [6, 6.07) is 13.1.